The average molecular weight is 378 g/mol. The quantitative estimate of drug-likeness (QED) is 0.579. The van der Waals surface area contributed by atoms with Gasteiger partial charge in [0.15, 0.2) is 0 Å². The van der Waals surface area contributed by atoms with E-state index in [0.717, 1.165) is 22.0 Å². The number of rotatable bonds is 5. The van der Waals surface area contributed by atoms with Crippen molar-refractivity contribution < 1.29 is 9.21 Å². The molecule has 0 spiro atoms. The molecule has 144 valence electrons. The zero-order valence-electron chi connectivity index (χ0n) is 16.1. The number of carbonyl (C=O) groups is 1. The van der Waals surface area contributed by atoms with Crippen molar-refractivity contribution in [2.75, 3.05) is 0 Å². The monoisotopic (exact) mass is 378 g/mol. The van der Waals surface area contributed by atoms with Crippen LogP contribution in [0.25, 0.3) is 21.8 Å². The van der Waals surface area contributed by atoms with Gasteiger partial charge >= 0.3 is 0 Å². The molecule has 3 aromatic heterocycles. The van der Waals surface area contributed by atoms with E-state index in [1.165, 1.54) is 4.68 Å². The van der Waals surface area contributed by atoms with Gasteiger partial charge in [0, 0.05) is 17.8 Å². The third-order valence-corrected chi connectivity index (χ3v) is 5.04. The molecule has 1 aromatic carbocycles. The number of para-hydroxylation sites is 1. The first kappa shape index (κ1) is 18.0. The maximum atomic E-state index is 13.0. The first-order valence-electron chi connectivity index (χ1n) is 9.29. The molecule has 1 amide bonds. The molecule has 4 rings (SSSR count). The predicted octanol–water partition coefficient (Wildman–Crippen LogP) is 3.06. The highest BCUT2D eigenvalue weighted by atomic mass is 16.3. The summed E-state index contributed by atoms with van der Waals surface area (Å²) < 4.78 is 8.67. The van der Waals surface area contributed by atoms with E-state index in [1.807, 2.05) is 54.8 Å². The van der Waals surface area contributed by atoms with Gasteiger partial charge in [0.05, 0.1) is 18.3 Å². The molecule has 7 nitrogen and oxygen atoms in total. The number of carbonyl (C=O) groups excluding carboxylic acids is 1. The summed E-state index contributed by atoms with van der Waals surface area (Å²) in [6.45, 7) is 4.11. The van der Waals surface area contributed by atoms with Crippen LogP contribution >= 0.6 is 0 Å². The van der Waals surface area contributed by atoms with Gasteiger partial charge in [-0.05, 0) is 31.5 Å². The number of fused-ring (bicyclic) bond motifs is 3. The average Bonchev–Trinajstić information content (AvgIpc) is 3.26. The fourth-order valence-electron chi connectivity index (χ4n) is 3.67. The van der Waals surface area contributed by atoms with Crippen molar-refractivity contribution >= 4 is 27.7 Å². The van der Waals surface area contributed by atoms with Crippen LogP contribution < -0.4 is 10.9 Å². The minimum atomic E-state index is -0.520. The normalized spacial score (nSPS) is 12.5. The molecule has 7 heteroatoms. The second-order valence-electron chi connectivity index (χ2n) is 6.88. The van der Waals surface area contributed by atoms with Gasteiger partial charge in [-0.3, -0.25) is 9.59 Å². The van der Waals surface area contributed by atoms with Gasteiger partial charge < -0.3 is 14.3 Å². The van der Waals surface area contributed by atoms with E-state index in [4.69, 9.17) is 4.42 Å². The summed E-state index contributed by atoms with van der Waals surface area (Å²) >= 11 is 0. The molecule has 0 fully saturated rings. The van der Waals surface area contributed by atoms with Gasteiger partial charge in [0.2, 0.25) is 5.91 Å². The Labute approximate surface area is 161 Å². The summed E-state index contributed by atoms with van der Waals surface area (Å²) in [6.07, 6.45) is 2.23. The van der Waals surface area contributed by atoms with E-state index in [-0.39, 0.29) is 11.5 Å². The molecule has 0 radical (unpaired) electrons. The van der Waals surface area contributed by atoms with E-state index in [9.17, 15) is 9.59 Å². The molecule has 0 saturated carbocycles. The molecule has 3 heterocycles. The first-order valence-corrected chi connectivity index (χ1v) is 9.29. The number of hydrogen-bond donors (Lipinski definition) is 1. The van der Waals surface area contributed by atoms with Gasteiger partial charge in [0.1, 0.15) is 23.1 Å². The van der Waals surface area contributed by atoms with Crippen LogP contribution in [0.3, 0.4) is 0 Å². The number of nitrogens with zero attached hydrogens (tertiary/aromatic N) is 3. The van der Waals surface area contributed by atoms with E-state index < -0.39 is 6.04 Å². The van der Waals surface area contributed by atoms with Gasteiger partial charge in [-0.25, -0.2) is 4.68 Å². The van der Waals surface area contributed by atoms with Crippen LogP contribution in [-0.2, 0) is 18.4 Å². The van der Waals surface area contributed by atoms with Crippen LogP contribution in [0.4, 0.5) is 0 Å². The molecule has 0 bridgehead atoms. The predicted molar refractivity (Wildman–Crippen MR) is 107 cm³/mol. The highest BCUT2D eigenvalue weighted by Crippen LogP contribution is 2.30. The van der Waals surface area contributed by atoms with Crippen molar-refractivity contribution in [3.05, 3.63) is 64.5 Å². The van der Waals surface area contributed by atoms with Gasteiger partial charge in [-0.15, -0.1) is 0 Å². The summed E-state index contributed by atoms with van der Waals surface area (Å²) in [7, 11) is 1.62. The number of aromatic nitrogens is 3. The number of hydrogen-bond acceptors (Lipinski definition) is 4. The molecule has 4 aromatic rings. The van der Waals surface area contributed by atoms with Crippen molar-refractivity contribution in [1.82, 2.24) is 19.7 Å². The van der Waals surface area contributed by atoms with Crippen molar-refractivity contribution in [2.45, 2.75) is 32.9 Å². The summed E-state index contributed by atoms with van der Waals surface area (Å²) in [5, 5.41) is 8.76. The third-order valence-electron chi connectivity index (χ3n) is 5.04. The Morgan fingerprint density at radius 1 is 1.21 bits per heavy atom. The Kier molecular flexibility index (Phi) is 4.50. The highest BCUT2D eigenvalue weighted by Gasteiger charge is 2.25. The van der Waals surface area contributed by atoms with E-state index in [2.05, 4.69) is 10.4 Å². The smallest absolute Gasteiger partial charge is 0.291 e. The molecule has 0 saturated heterocycles. The SMILES string of the molecule is CCC(C(=O)NCc1ccc(C)o1)n1c2ccccc2c2cnn(C)c(=O)c21. The molecular formula is C21H22N4O3. The number of aryl methyl sites for hydroxylation is 2. The lowest BCUT2D eigenvalue weighted by molar-refractivity contribution is -0.124. The van der Waals surface area contributed by atoms with Crippen LogP contribution in [0.2, 0.25) is 0 Å². The highest BCUT2D eigenvalue weighted by molar-refractivity contribution is 6.08. The van der Waals surface area contributed by atoms with E-state index >= 15 is 0 Å². The molecule has 0 aliphatic carbocycles. The number of nitrogens with one attached hydrogen (secondary N) is 1. The van der Waals surface area contributed by atoms with Crippen molar-refractivity contribution in [3.8, 4) is 0 Å². The molecule has 1 N–H and O–H groups in total. The molecule has 1 atom stereocenters. The Morgan fingerprint density at radius 2 is 2.00 bits per heavy atom. The van der Waals surface area contributed by atoms with Crippen LogP contribution in [0.5, 0.6) is 0 Å². The standard InChI is InChI=1S/C21H22N4O3/c1-4-17(20(26)22-11-14-10-9-13(2)28-14)25-18-8-6-5-7-15(18)16-12-23-24(3)21(27)19(16)25/h5-10,12,17H,4,11H2,1-3H3,(H,22,26). The van der Waals surface area contributed by atoms with E-state index in [1.54, 1.807) is 13.2 Å². The molecular weight excluding hydrogens is 356 g/mol. The minimum absolute atomic E-state index is 0.155. The van der Waals surface area contributed by atoms with Gasteiger partial charge in [-0.2, -0.15) is 5.10 Å². The van der Waals surface area contributed by atoms with Crippen LogP contribution in [0, 0.1) is 6.92 Å². The van der Waals surface area contributed by atoms with Gasteiger partial charge in [-0.1, -0.05) is 25.1 Å². The Bertz CT molecular complexity index is 1230. The van der Waals surface area contributed by atoms with Crippen LogP contribution in [-0.4, -0.2) is 20.3 Å². The second kappa shape index (κ2) is 6.99. The lowest BCUT2D eigenvalue weighted by atomic mass is 10.2. The molecule has 0 aliphatic heterocycles. The summed E-state index contributed by atoms with van der Waals surface area (Å²) in [5.74, 6) is 1.34. The first-order chi connectivity index (χ1) is 13.5. The summed E-state index contributed by atoms with van der Waals surface area (Å²) in [5.41, 5.74) is 1.12. The molecule has 28 heavy (non-hydrogen) atoms. The fraction of sp³-hybridized carbons (Fsp3) is 0.286. The summed E-state index contributed by atoms with van der Waals surface area (Å²) in [6, 6.07) is 10.9. The van der Waals surface area contributed by atoms with Crippen molar-refractivity contribution in [1.29, 1.82) is 0 Å². The number of furan rings is 1. The van der Waals surface area contributed by atoms with Crippen molar-refractivity contribution in [3.63, 3.8) is 0 Å². The Balaban J connectivity index is 1.81. The molecule has 0 aliphatic rings. The Hall–Kier alpha value is -3.35. The fourth-order valence-corrected chi connectivity index (χ4v) is 3.67. The Morgan fingerprint density at radius 3 is 2.71 bits per heavy atom. The molecule has 1 unspecified atom stereocenters. The lowest BCUT2D eigenvalue weighted by Crippen LogP contribution is -2.33. The minimum Gasteiger partial charge on any atom is -0.465 e. The second-order valence-corrected chi connectivity index (χ2v) is 6.88. The van der Waals surface area contributed by atoms with Gasteiger partial charge in [0.25, 0.3) is 5.56 Å². The van der Waals surface area contributed by atoms with Crippen LogP contribution in [0.15, 0.2) is 51.8 Å². The van der Waals surface area contributed by atoms with Crippen molar-refractivity contribution in [2.24, 2.45) is 7.05 Å². The third kappa shape index (κ3) is 2.89. The van der Waals surface area contributed by atoms with Crippen LogP contribution in [0.1, 0.15) is 30.9 Å². The lowest BCUT2D eigenvalue weighted by Gasteiger charge is -2.19. The zero-order valence-corrected chi connectivity index (χ0v) is 16.1. The number of benzene rings is 1. The summed E-state index contributed by atoms with van der Waals surface area (Å²) in [4.78, 5) is 25.9. The maximum Gasteiger partial charge on any atom is 0.291 e. The largest absolute Gasteiger partial charge is 0.465 e. The van der Waals surface area contributed by atoms with E-state index in [0.29, 0.717) is 24.2 Å². The zero-order chi connectivity index (χ0) is 19.8. The number of amides is 1. The maximum absolute atomic E-state index is 13.0. The topological polar surface area (TPSA) is 82.1 Å².